The smallest absolute Gasteiger partial charge is 0.315 e. The number of nitrogens with one attached hydrogen (secondary N) is 1. The molecule has 2 bridgehead atoms. The first-order chi connectivity index (χ1) is 20.7. The highest BCUT2D eigenvalue weighted by molar-refractivity contribution is 6.07. The van der Waals surface area contributed by atoms with E-state index in [1.54, 1.807) is 0 Å². The topological polar surface area (TPSA) is 73.9 Å². The summed E-state index contributed by atoms with van der Waals surface area (Å²) < 4.78 is 16.6. The second kappa shape index (κ2) is 9.22. The van der Waals surface area contributed by atoms with Crippen molar-refractivity contribution in [1.29, 1.82) is 0 Å². The Balaban J connectivity index is 1.34. The highest BCUT2D eigenvalue weighted by Gasteiger charge is 2.59. The Kier molecular flexibility index (Phi) is 5.69. The first-order valence-corrected chi connectivity index (χ1v) is 15.5. The third-order valence-corrected chi connectivity index (χ3v) is 11.8. The maximum Gasteiger partial charge on any atom is 0.315 e. The molecule has 6 nitrogen and oxygen atoms in total. The summed E-state index contributed by atoms with van der Waals surface area (Å²) in [5, 5.41) is 5.87. The van der Waals surface area contributed by atoms with Crippen LogP contribution in [0.3, 0.4) is 0 Å². The van der Waals surface area contributed by atoms with Gasteiger partial charge < -0.3 is 19.5 Å². The fourth-order valence-corrected chi connectivity index (χ4v) is 8.92. The standard InChI is InChI=1S/C37H37NO5/c1-36(2)22-13-14-37(36,3)23(16-22)17-27-25-11-9-20-7-5-6-8-24(20)33(25)38-34-31(27)28(39)18-26(32(34)35(40)41-4)21-10-12-29-30(15-21)43-19-42-29/h5-12,15,17,22,26-27,32,38H,13-14,16,18-19H2,1-4H3/t22-,26+,27-,32+,37+/m0/s1. The molecule has 2 saturated carbocycles. The SMILES string of the molecule is COC(=O)[C@H]1C2=C(C(=O)C[C@@H]1c1ccc3c(c1)OCO3)[C@@H](C=C1C[C@@H]3CC[C@@]1(C)C3(C)C)c1ccc3ccccc3c1N2. The van der Waals surface area contributed by atoms with Crippen LogP contribution >= 0.6 is 0 Å². The number of ketones is 1. The van der Waals surface area contributed by atoms with E-state index in [-0.39, 0.29) is 41.7 Å². The van der Waals surface area contributed by atoms with E-state index >= 15 is 0 Å². The molecule has 0 radical (unpaired) electrons. The molecule has 0 unspecified atom stereocenters. The first kappa shape index (κ1) is 26.6. The van der Waals surface area contributed by atoms with Gasteiger partial charge in [0.25, 0.3) is 0 Å². The van der Waals surface area contributed by atoms with Crippen LogP contribution in [0.2, 0.25) is 0 Å². The normalized spacial score (nSPS) is 30.8. The number of carbonyl (C=O) groups excluding carboxylic acids is 2. The largest absolute Gasteiger partial charge is 0.468 e. The molecule has 0 amide bonds. The number of benzene rings is 3. The number of allylic oxidation sites excluding steroid dienone is 3. The van der Waals surface area contributed by atoms with Gasteiger partial charge in [-0.3, -0.25) is 9.59 Å². The second-order valence-corrected chi connectivity index (χ2v) is 13.7. The molecule has 5 aliphatic rings. The zero-order valence-electron chi connectivity index (χ0n) is 25.2. The summed E-state index contributed by atoms with van der Waals surface area (Å²) in [6.45, 7) is 7.40. The van der Waals surface area contributed by atoms with Crippen molar-refractivity contribution in [2.75, 3.05) is 19.2 Å². The minimum Gasteiger partial charge on any atom is -0.468 e. The predicted octanol–water partition coefficient (Wildman–Crippen LogP) is 7.65. The Labute approximate surface area is 252 Å². The van der Waals surface area contributed by atoms with Gasteiger partial charge in [-0.05, 0) is 64.7 Å². The van der Waals surface area contributed by atoms with Crippen LogP contribution in [0.1, 0.15) is 69.4 Å². The third-order valence-electron chi connectivity index (χ3n) is 11.8. The lowest BCUT2D eigenvalue weighted by molar-refractivity contribution is -0.145. The van der Waals surface area contributed by atoms with Crippen LogP contribution in [-0.4, -0.2) is 25.7 Å². The van der Waals surface area contributed by atoms with E-state index in [2.05, 4.69) is 56.4 Å². The molecule has 0 spiro atoms. The maximum atomic E-state index is 14.4. The van der Waals surface area contributed by atoms with Gasteiger partial charge in [0, 0.05) is 34.9 Å². The average Bonchev–Trinajstić information content (AvgIpc) is 3.62. The lowest BCUT2D eigenvalue weighted by Gasteiger charge is -2.41. The molecular formula is C37H37NO5. The number of hydrogen-bond acceptors (Lipinski definition) is 6. The summed E-state index contributed by atoms with van der Waals surface area (Å²) in [7, 11) is 1.43. The lowest BCUT2D eigenvalue weighted by Crippen LogP contribution is -2.39. The Bertz CT molecular complexity index is 1780. The molecule has 0 saturated heterocycles. The number of rotatable bonds is 3. The van der Waals surface area contributed by atoms with Crippen molar-refractivity contribution >= 4 is 28.2 Å². The van der Waals surface area contributed by atoms with E-state index < -0.39 is 11.8 Å². The zero-order valence-corrected chi connectivity index (χ0v) is 25.2. The van der Waals surface area contributed by atoms with Gasteiger partial charge in [0.05, 0.1) is 12.8 Å². The van der Waals surface area contributed by atoms with Crippen LogP contribution in [-0.2, 0) is 14.3 Å². The van der Waals surface area contributed by atoms with Gasteiger partial charge in [-0.15, -0.1) is 0 Å². The average molecular weight is 576 g/mol. The van der Waals surface area contributed by atoms with Gasteiger partial charge >= 0.3 is 5.97 Å². The maximum absolute atomic E-state index is 14.4. The predicted molar refractivity (Wildman–Crippen MR) is 165 cm³/mol. The molecule has 3 aliphatic carbocycles. The number of fused-ring (bicyclic) bond motifs is 6. The summed E-state index contributed by atoms with van der Waals surface area (Å²) >= 11 is 0. The first-order valence-electron chi connectivity index (χ1n) is 15.5. The molecule has 5 atom stereocenters. The van der Waals surface area contributed by atoms with Crippen LogP contribution in [0.4, 0.5) is 5.69 Å². The van der Waals surface area contributed by atoms with Gasteiger partial charge in [0.15, 0.2) is 17.3 Å². The van der Waals surface area contributed by atoms with Crippen molar-refractivity contribution in [1.82, 2.24) is 0 Å². The summed E-state index contributed by atoms with van der Waals surface area (Å²) in [6.07, 6.45) is 6.10. The van der Waals surface area contributed by atoms with E-state index in [9.17, 15) is 9.59 Å². The van der Waals surface area contributed by atoms with Crippen molar-refractivity contribution in [2.45, 2.75) is 58.3 Å². The lowest BCUT2D eigenvalue weighted by atomic mass is 9.66. The minimum atomic E-state index is -0.668. The number of ether oxygens (including phenoxy) is 3. The Morgan fingerprint density at radius 1 is 1.02 bits per heavy atom. The number of Topliss-reactive ketones (excluding diaryl/α,β-unsaturated/α-hetero) is 1. The number of methoxy groups -OCH3 is 1. The number of carbonyl (C=O) groups is 2. The summed E-state index contributed by atoms with van der Waals surface area (Å²) in [4.78, 5) is 28.1. The minimum absolute atomic E-state index is 0.0681. The van der Waals surface area contributed by atoms with Crippen LogP contribution in [0.25, 0.3) is 10.8 Å². The van der Waals surface area contributed by atoms with Crippen molar-refractivity contribution in [3.05, 3.63) is 88.6 Å². The Morgan fingerprint density at radius 3 is 2.60 bits per heavy atom. The third kappa shape index (κ3) is 3.65. The monoisotopic (exact) mass is 575 g/mol. The van der Waals surface area contributed by atoms with Crippen LogP contribution < -0.4 is 14.8 Å². The highest BCUT2D eigenvalue weighted by Crippen LogP contribution is 2.68. The molecule has 43 heavy (non-hydrogen) atoms. The van der Waals surface area contributed by atoms with Gasteiger partial charge in [-0.25, -0.2) is 0 Å². The van der Waals surface area contributed by atoms with Gasteiger partial charge in [-0.1, -0.05) is 74.9 Å². The van der Waals surface area contributed by atoms with Crippen LogP contribution in [0.15, 0.2) is 77.5 Å². The summed E-state index contributed by atoms with van der Waals surface area (Å²) in [6, 6.07) is 18.3. The number of anilines is 1. The number of esters is 1. The molecule has 8 rings (SSSR count). The number of hydrogen-bond donors (Lipinski definition) is 1. The molecule has 220 valence electrons. The second-order valence-electron chi connectivity index (χ2n) is 13.7. The molecule has 2 aliphatic heterocycles. The zero-order chi connectivity index (χ0) is 29.7. The van der Waals surface area contributed by atoms with Crippen molar-refractivity contribution < 1.29 is 23.8 Å². The van der Waals surface area contributed by atoms with E-state index in [4.69, 9.17) is 14.2 Å². The molecule has 6 heteroatoms. The Morgan fingerprint density at radius 2 is 1.84 bits per heavy atom. The van der Waals surface area contributed by atoms with Gasteiger partial charge in [0.2, 0.25) is 6.79 Å². The fraction of sp³-hybridized carbons (Fsp3) is 0.405. The molecule has 2 heterocycles. The van der Waals surface area contributed by atoms with E-state index in [1.165, 1.54) is 25.5 Å². The highest BCUT2D eigenvalue weighted by atomic mass is 16.7. The van der Waals surface area contributed by atoms with Crippen molar-refractivity contribution in [3.8, 4) is 11.5 Å². The van der Waals surface area contributed by atoms with E-state index in [1.807, 2.05) is 30.3 Å². The summed E-state index contributed by atoms with van der Waals surface area (Å²) in [5.74, 6) is 0.367. The van der Waals surface area contributed by atoms with E-state index in [0.717, 1.165) is 34.0 Å². The quantitative estimate of drug-likeness (QED) is 0.255. The molecule has 1 N–H and O–H groups in total. The van der Waals surface area contributed by atoms with Gasteiger partial charge in [0.1, 0.15) is 5.92 Å². The fourth-order valence-electron chi connectivity index (χ4n) is 8.92. The summed E-state index contributed by atoms with van der Waals surface area (Å²) in [5.41, 5.74) is 6.05. The molecule has 0 aromatic heterocycles. The Hall–Kier alpha value is -4.06. The van der Waals surface area contributed by atoms with Crippen molar-refractivity contribution in [2.24, 2.45) is 22.7 Å². The van der Waals surface area contributed by atoms with Crippen LogP contribution in [0.5, 0.6) is 11.5 Å². The molecule has 3 aromatic rings. The molecule has 3 aromatic carbocycles. The molecule has 2 fully saturated rings. The van der Waals surface area contributed by atoms with Crippen molar-refractivity contribution in [3.63, 3.8) is 0 Å². The van der Waals surface area contributed by atoms with E-state index in [0.29, 0.717) is 28.7 Å². The molecular weight excluding hydrogens is 538 g/mol. The van der Waals surface area contributed by atoms with Crippen LogP contribution in [0, 0.1) is 22.7 Å². The van der Waals surface area contributed by atoms with Gasteiger partial charge in [-0.2, -0.15) is 0 Å².